The molecule has 32 heavy (non-hydrogen) atoms. The highest BCUT2D eigenvalue weighted by Crippen LogP contribution is 2.38. The molecule has 1 fully saturated rings. The summed E-state index contributed by atoms with van der Waals surface area (Å²) in [5.74, 6) is -2.11. The Morgan fingerprint density at radius 2 is 1.91 bits per heavy atom. The van der Waals surface area contributed by atoms with Crippen LogP contribution in [0.2, 0.25) is 0 Å². The summed E-state index contributed by atoms with van der Waals surface area (Å²) in [5.41, 5.74) is 4.13. The minimum atomic E-state index is -2.62. The molecule has 3 heterocycles. The summed E-state index contributed by atoms with van der Waals surface area (Å²) < 4.78 is 28.8. The molecule has 1 aromatic carbocycles. The van der Waals surface area contributed by atoms with Crippen molar-refractivity contribution in [1.29, 1.82) is 0 Å². The first kappa shape index (κ1) is 20.5. The van der Waals surface area contributed by atoms with Gasteiger partial charge in [0.25, 0.3) is 5.56 Å². The third-order valence-corrected chi connectivity index (χ3v) is 6.14. The number of rotatable bonds is 4. The van der Waals surface area contributed by atoms with Crippen LogP contribution in [-0.2, 0) is 6.42 Å². The number of halogens is 2. The number of hydrogen-bond acceptors (Lipinski definition) is 4. The molecule has 0 radical (unpaired) electrons. The Balaban J connectivity index is 1.50. The van der Waals surface area contributed by atoms with Crippen molar-refractivity contribution in [3.8, 4) is 11.1 Å². The number of benzene rings is 1. The number of aromatic amines is 1. The van der Waals surface area contributed by atoms with Crippen LogP contribution in [-0.4, -0.2) is 30.7 Å². The molecule has 1 aliphatic carbocycles. The molecule has 3 aromatic heterocycles. The van der Waals surface area contributed by atoms with E-state index in [1.165, 1.54) is 6.20 Å². The van der Waals surface area contributed by atoms with Gasteiger partial charge >= 0.3 is 0 Å². The fraction of sp³-hybridized carbons (Fsp3) is 0.333. The highest BCUT2D eigenvalue weighted by Gasteiger charge is 2.36. The standard InChI is InChI=1S/C24H23F2N5O/c1-15-6-7-17(13-27-15)19-5-3-2-4-16(19)12-21-29-22-20(23(32)30-21)14-28-31(22)18-8-10-24(25,26)11-9-18/h2-7,13-14,18H,8-12H2,1H3,(H,29,30,32). The zero-order valence-corrected chi connectivity index (χ0v) is 17.7. The average Bonchev–Trinajstić information content (AvgIpc) is 3.19. The molecule has 0 atom stereocenters. The van der Waals surface area contributed by atoms with E-state index >= 15 is 0 Å². The largest absolute Gasteiger partial charge is 0.310 e. The van der Waals surface area contributed by atoms with Gasteiger partial charge in [0, 0.05) is 36.7 Å². The molecule has 5 rings (SSSR count). The van der Waals surface area contributed by atoms with Crippen LogP contribution < -0.4 is 5.56 Å². The molecule has 0 spiro atoms. The molecule has 0 aliphatic heterocycles. The van der Waals surface area contributed by atoms with E-state index in [1.807, 2.05) is 49.5 Å². The Hall–Kier alpha value is -3.42. The van der Waals surface area contributed by atoms with E-state index < -0.39 is 5.92 Å². The number of nitrogens with zero attached hydrogens (tertiary/aromatic N) is 4. The number of fused-ring (bicyclic) bond motifs is 1. The Morgan fingerprint density at radius 3 is 2.66 bits per heavy atom. The molecule has 1 aliphatic rings. The average molecular weight is 435 g/mol. The second-order valence-electron chi connectivity index (χ2n) is 8.45. The van der Waals surface area contributed by atoms with Gasteiger partial charge in [-0.3, -0.25) is 9.78 Å². The smallest absolute Gasteiger partial charge is 0.262 e. The molecule has 4 aromatic rings. The monoisotopic (exact) mass is 435 g/mol. The highest BCUT2D eigenvalue weighted by atomic mass is 19.3. The van der Waals surface area contributed by atoms with Gasteiger partial charge in [-0.05, 0) is 37.0 Å². The summed E-state index contributed by atoms with van der Waals surface area (Å²) >= 11 is 0. The maximum Gasteiger partial charge on any atom is 0.262 e. The molecule has 0 saturated heterocycles. The van der Waals surface area contributed by atoms with Gasteiger partial charge in [-0.1, -0.05) is 30.3 Å². The van der Waals surface area contributed by atoms with E-state index in [0.717, 1.165) is 22.4 Å². The zero-order valence-electron chi connectivity index (χ0n) is 17.7. The lowest BCUT2D eigenvalue weighted by molar-refractivity contribution is -0.0446. The number of H-pyrrole nitrogens is 1. The first-order valence-electron chi connectivity index (χ1n) is 10.7. The summed E-state index contributed by atoms with van der Waals surface area (Å²) in [6.07, 6.45) is 4.02. The minimum Gasteiger partial charge on any atom is -0.310 e. The van der Waals surface area contributed by atoms with E-state index in [2.05, 4.69) is 15.1 Å². The van der Waals surface area contributed by atoms with Gasteiger partial charge in [0.2, 0.25) is 5.92 Å². The predicted molar refractivity (Wildman–Crippen MR) is 118 cm³/mol. The molecule has 6 nitrogen and oxygen atoms in total. The second kappa shape index (κ2) is 7.93. The fourth-order valence-corrected chi connectivity index (χ4v) is 4.37. The molecule has 0 bridgehead atoms. The van der Waals surface area contributed by atoms with Crippen LogP contribution in [0.4, 0.5) is 8.78 Å². The lowest BCUT2D eigenvalue weighted by Gasteiger charge is -2.28. The van der Waals surface area contributed by atoms with Gasteiger partial charge in [0.1, 0.15) is 11.2 Å². The fourth-order valence-electron chi connectivity index (χ4n) is 4.37. The van der Waals surface area contributed by atoms with Crippen molar-refractivity contribution >= 4 is 11.0 Å². The van der Waals surface area contributed by atoms with Crippen molar-refractivity contribution in [2.24, 2.45) is 0 Å². The first-order chi connectivity index (χ1) is 15.4. The number of alkyl halides is 2. The van der Waals surface area contributed by atoms with Crippen LogP contribution in [0, 0.1) is 6.92 Å². The maximum atomic E-state index is 13.6. The first-order valence-corrected chi connectivity index (χ1v) is 10.7. The molecular formula is C24H23F2N5O. The second-order valence-corrected chi connectivity index (χ2v) is 8.45. The minimum absolute atomic E-state index is 0.174. The lowest BCUT2D eigenvalue weighted by Crippen LogP contribution is -2.27. The quantitative estimate of drug-likeness (QED) is 0.498. The van der Waals surface area contributed by atoms with Crippen LogP contribution in [0.3, 0.4) is 0 Å². The molecule has 8 heteroatoms. The Bertz CT molecular complexity index is 1320. The highest BCUT2D eigenvalue weighted by molar-refractivity contribution is 5.73. The molecule has 1 N–H and O–H groups in total. The van der Waals surface area contributed by atoms with Crippen LogP contribution in [0.5, 0.6) is 0 Å². The van der Waals surface area contributed by atoms with Crippen LogP contribution in [0.1, 0.15) is 48.8 Å². The van der Waals surface area contributed by atoms with Gasteiger partial charge in [-0.2, -0.15) is 5.10 Å². The van der Waals surface area contributed by atoms with E-state index in [4.69, 9.17) is 4.98 Å². The van der Waals surface area contributed by atoms with Crippen molar-refractivity contribution in [2.45, 2.75) is 51.0 Å². The molecule has 0 unspecified atom stereocenters. The summed E-state index contributed by atoms with van der Waals surface area (Å²) in [7, 11) is 0. The summed E-state index contributed by atoms with van der Waals surface area (Å²) in [6, 6.07) is 11.7. The summed E-state index contributed by atoms with van der Waals surface area (Å²) in [6.45, 7) is 1.94. The topological polar surface area (TPSA) is 76.5 Å². The Morgan fingerprint density at radius 1 is 1.12 bits per heavy atom. The Kier molecular flexibility index (Phi) is 5.07. The van der Waals surface area contributed by atoms with Crippen molar-refractivity contribution in [3.63, 3.8) is 0 Å². The lowest BCUT2D eigenvalue weighted by atomic mass is 9.92. The van der Waals surface area contributed by atoms with Gasteiger partial charge in [0.15, 0.2) is 5.65 Å². The number of pyridine rings is 1. The summed E-state index contributed by atoms with van der Waals surface area (Å²) in [4.78, 5) is 24.6. The van der Waals surface area contributed by atoms with E-state index in [-0.39, 0.29) is 24.4 Å². The van der Waals surface area contributed by atoms with E-state index in [0.29, 0.717) is 36.1 Å². The van der Waals surface area contributed by atoms with Crippen molar-refractivity contribution in [1.82, 2.24) is 24.7 Å². The van der Waals surface area contributed by atoms with Crippen molar-refractivity contribution in [2.75, 3.05) is 0 Å². The van der Waals surface area contributed by atoms with Crippen molar-refractivity contribution in [3.05, 3.63) is 76.2 Å². The normalized spacial score (nSPS) is 16.5. The number of aryl methyl sites for hydroxylation is 1. The van der Waals surface area contributed by atoms with Gasteiger partial charge in [-0.15, -0.1) is 0 Å². The number of nitrogens with one attached hydrogen (secondary N) is 1. The molecule has 164 valence electrons. The molecule has 0 amide bonds. The third kappa shape index (κ3) is 3.92. The third-order valence-electron chi connectivity index (χ3n) is 6.14. The SMILES string of the molecule is Cc1ccc(-c2ccccc2Cc2nc3c(cnn3C3CCC(F)(F)CC3)c(=O)[nH]2)cn1. The number of aromatic nitrogens is 5. The number of hydrogen-bond donors (Lipinski definition) is 1. The summed E-state index contributed by atoms with van der Waals surface area (Å²) in [5, 5.41) is 4.71. The van der Waals surface area contributed by atoms with Crippen LogP contribution in [0.25, 0.3) is 22.2 Å². The zero-order chi connectivity index (χ0) is 22.3. The van der Waals surface area contributed by atoms with Gasteiger partial charge < -0.3 is 4.98 Å². The molecular weight excluding hydrogens is 412 g/mol. The maximum absolute atomic E-state index is 13.6. The van der Waals surface area contributed by atoms with Crippen LogP contribution >= 0.6 is 0 Å². The van der Waals surface area contributed by atoms with Crippen LogP contribution in [0.15, 0.2) is 53.6 Å². The van der Waals surface area contributed by atoms with Gasteiger partial charge in [0.05, 0.1) is 12.2 Å². The van der Waals surface area contributed by atoms with E-state index in [1.54, 1.807) is 4.68 Å². The predicted octanol–water partition coefficient (Wildman–Crippen LogP) is 4.83. The Labute approximate surface area is 183 Å². The van der Waals surface area contributed by atoms with Crippen molar-refractivity contribution < 1.29 is 8.78 Å². The van der Waals surface area contributed by atoms with E-state index in [9.17, 15) is 13.6 Å². The van der Waals surface area contributed by atoms with Gasteiger partial charge in [-0.25, -0.2) is 18.4 Å². The molecule has 1 saturated carbocycles.